The summed E-state index contributed by atoms with van der Waals surface area (Å²) in [4.78, 5) is 0. The second kappa shape index (κ2) is 4.63. The summed E-state index contributed by atoms with van der Waals surface area (Å²) in [5.41, 5.74) is 0. The van der Waals surface area contributed by atoms with Crippen molar-refractivity contribution in [1.29, 1.82) is 0 Å². The van der Waals surface area contributed by atoms with Crippen LogP contribution in [-0.2, 0) is 4.74 Å². The molecule has 0 N–H and O–H groups in total. The Balaban J connectivity index is 0. The van der Waals surface area contributed by atoms with Gasteiger partial charge in [-0.3, -0.25) is 0 Å². The van der Waals surface area contributed by atoms with E-state index in [0.29, 0.717) is 0 Å². The van der Waals surface area contributed by atoms with Crippen LogP contribution in [0.1, 0.15) is 0 Å². The molecule has 0 heterocycles. The van der Waals surface area contributed by atoms with E-state index in [-0.39, 0.29) is 18.9 Å². The molecule has 3 heteroatoms. The van der Waals surface area contributed by atoms with Crippen molar-refractivity contribution in [2.75, 3.05) is 13.3 Å². The fraction of sp³-hybridized carbons (Fsp3) is 0.800. The van der Waals surface area contributed by atoms with Crippen molar-refractivity contribution >= 4 is 8.07 Å². The van der Waals surface area contributed by atoms with Gasteiger partial charge in [-0.05, 0) is 0 Å². The first-order valence-electron chi connectivity index (χ1n) is 2.40. The Morgan fingerprint density at radius 3 is 1.88 bits per heavy atom. The molecule has 0 fully saturated rings. The van der Waals surface area contributed by atoms with Gasteiger partial charge < -0.3 is 11.3 Å². The van der Waals surface area contributed by atoms with E-state index in [1.165, 1.54) is 0 Å². The van der Waals surface area contributed by atoms with E-state index in [1.807, 2.05) is 0 Å². The van der Waals surface area contributed by atoms with Gasteiger partial charge in [-0.25, -0.2) is 0 Å². The van der Waals surface area contributed by atoms with E-state index in [0.717, 1.165) is 6.23 Å². The maximum atomic E-state index is 4.91. The molecule has 0 aromatic carbocycles. The third kappa shape index (κ3) is 9.91. The Labute approximate surface area is 65.0 Å². The van der Waals surface area contributed by atoms with Crippen LogP contribution in [0, 0.1) is 6.55 Å². The van der Waals surface area contributed by atoms with Gasteiger partial charge in [0, 0.05) is 13.3 Å². The molecule has 0 rings (SSSR count). The monoisotopic (exact) mass is 124 g/mol. The third-order valence-electron chi connectivity index (χ3n) is 0.535. The molecule has 0 unspecified atom stereocenters. The van der Waals surface area contributed by atoms with E-state index in [2.05, 4.69) is 19.6 Å². The second-order valence-electron chi connectivity index (χ2n) is 2.60. The van der Waals surface area contributed by atoms with Crippen LogP contribution in [-0.4, -0.2) is 21.4 Å². The van der Waals surface area contributed by atoms with Gasteiger partial charge >= 0.3 is 18.9 Å². The topological polar surface area (TPSA) is 9.23 Å². The summed E-state index contributed by atoms with van der Waals surface area (Å²) < 4.78 is 4.91. The second-order valence-corrected chi connectivity index (χ2v) is 7.21. The average molecular weight is 124 g/mol. The van der Waals surface area contributed by atoms with Crippen molar-refractivity contribution < 1.29 is 23.6 Å². The predicted molar refractivity (Wildman–Crippen MR) is 34.7 cm³/mol. The minimum Gasteiger partial charge on any atom is -0.391 e. The number of methoxy groups -OCH3 is 1. The molecule has 0 bridgehead atoms. The molecule has 0 aliphatic heterocycles. The molecule has 0 amide bonds. The first kappa shape index (κ1) is 11.6. The zero-order valence-corrected chi connectivity index (χ0v) is 7.32. The normalized spacial score (nSPS) is 10.5. The Morgan fingerprint density at radius 1 is 1.50 bits per heavy atom. The van der Waals surface area contributed by atoms with Gasteiger partial charge in [0.1, 0.15) is 0 Å². The van der Waals surface area contributed by atoms with Crippen LogP contribution in [0.3, 0.4) is 0 Å². The Morgan fingerprint density at radius 2 is 1.88 bits per heavy atom. The molecule has 0 spiro atoms. The van der Waals surface area contributed by atoms with E-state index in [4.69, 9.17) is 4.74 Å². The summed E-state index contributed by atoms with van der Waals surface area (Å²) in [5.74, 6) is 0. The Bertz CT molecular complexity index is 50.9. The Kier molecular flexibility index (Phi) is 6.69. The molecule has 8 heavy (non-hydrogen) atoms. The van der Waals surface area contributed by atoms with Crippen molar-refractivity contribution in [2.24, 2.45) is 0 Å². The van der Waals surface area contributed by atoms with Crippen molar-refractivity contribution in [2.45, 2.75) is 13.1 Å². The number of hydrogen-bond acceptors (Lipinski definition) is 1. The standard InChI is InChI=1S/C5H13OSi.Li/c1-6-5-7(2,3)4;/h2,5H2,1,3-4H3;/q-1;+1. The Hall–Kier alpha value is 0.774. The fourth-order valence-corrected chi connectivity index (χ4v) is 1.17. The van der Waals surface area contributed by atoms with Gasteiger partial charge in [0.05, 0.1) is 0 Å². The summed E-state index contributed by atoms with van der Waals surface area (Å²) in [7, 11) is 0.593. The maximum absolute atomic E-state index is 4.91. The molecule has 0 aromatic rings. The van der Waals surface area contributed by atoms with E-state index in [1.54, 1.807) is 7.11 Å². The number of ether oxygens (including phenoxy) is 1. The molecule has 0 aliphatic rings. The predicted octanol–water partition coefficient (Wildman–Crippen LogP) is -1.74. The summed E-state index contributed by atoms with van der Waals surface area (Å²) in [6.45, 7) is 8.33. The zero-order chi connectivity index (χ0) is 5.91. The molecule has 0 aromatic heterocycles. The summed E-state index contributed by atoms with van der Waals surface area (Å²) in [6, 6.07) is 0. The van der Waals surface area contributed by atoms with Crippen molar-refractivity contribution in [3.8, 4) is 0 Å². The van der Waals surface area contributed by atoms with Gasteiger partial charge in [0.15, 0.2) is 0 Å². The van der Waals surface area contributed by atoms with Crippen LogP contribution in [0.5, 0.6) is 0 Å². The van der Waals surface area contributed by atoms with Crippen LogP contribution in [0.4, 0.5) is 0 Å². The minimum atomic E-state index is -1.13. The summed E-state index contributed by atoms with van der Waals surface area (Å²) in [5, 5.41) is 0. The molecule has 0 radical (unpaired) electrons. The van der Waals surface area contributed by atoms with E-state index < -0.39 is 8.07 Å². The van der Waals surface area contributed by atoms with Crippen molar-refractivity contribution in [3.63, 3.8) is 0 Å². The van der Waals surface area contributed by atoms with Crippen molar-refractivity contribution in [3.05, 3.63) is 6.55 Å². The van der Waals surface area contributed by atoms with E-state index >= 15 is 0 Å². The summed E-state index contributed by atoms with van der Waals surface area (Å²) >= 11 is 0. The quantitative estimate of drug-likeness (QED) is 0.313. The van der Waals surface area contributed by atoms with Crippen LogP contribution in [0.2, 0.25) is 13.1 Å². The zero-order valence-electron chi connectivity index (χ0n) is 6.32. The smallest absolute Gasteiger partial charge is 0.391 e. The van der Waals surface area contributed by atoms with Gasteiger partial charge in [0.2, 0.25) is 0 Å². The van der Waals surface area contributed by atoms with Crippen LogP contribution >= 0.6 is 0 Å². The van der Waals surface area contributed by atoms with Gasteiger partial charge in [-0.1, -0.05) is 21.2 Å². The molecule has 44 valence electrons. The maximum Gasteiger partial charge on any atom is 1.00 e. The SMILES string of the molecule is [CH2-][Si](C)(C)COC.[Li+]. The first-order valence-corrected chi connectivity index (χ1v) is 5.82. The molecule has 1 nitrogen and oxygen atoms in total. The molecular formula is C5H13LiOSi. The molecular weight excluding hydrogens is 111 g/mol. The average Bonchev–Trinajstić information content (AvgIpc) is 1.30. The molecule has 0 aliphatic carbocycles. The largest absolute Gasteiger partial charge is 1.00 e. The van der Waals surface area contributed by atoms with Gasteiger partial charge in [0.25, 0.3) is 0 Å². The van der Waals surface area contributed by atoms with Crippen molar-refractivity contribution in [1.82, 2.24) is 0 Å². The fourth-order valence-electron chi connectivity index (χ4n) is 0.391. The van der Waals surface area contributed by atoms with Crippen LogP contribution in [0.25, 0.3) is 0 Å². The molecule has 0 saturated carbocycles. The third-order valence-corrected chi connectivity index (χ3v) is 1.61. The van der Waals surface area contributed by atoms with Crippen LogP contribution in [0.15, 0.2) is 0 Å². The van der Waals surface area contributed by atoms with Crippen LogP contribution < -0.4 is 18.9 Å². The first-order chi connectivity index (χ1) is 3.06. The number of rotatable bonds is 2. The summed E-state index contributed by atoms with van der Waals surface area (Å²) in [6.07, 6.45) is 0.868. The van der Waals surface area contributed by atoms with Gasteiger partial charge in [-0.2, -0.15) is 0 Å². The number of hydrogen-bond donors (Lipinski definition) is 0. The van der Waals surface area contributed by atoms with Gasteiger partial charge in [-0.15, -0.1) is 0 Å². The molecule has 0 saturated heterocycles. The van der Waals surface area contributed by atoms with E-state index in [9.17, 15) is 0 Å². The minimum absolute atomic E-state index is 0. The molecule has 0 atom stereocenters.